The quantitative estimate of drug-likeness (QED) is 0.156. The number of rotatable bonds is 8. The molecule has 4 rings (SSSR count). The Labute approximate surface area is 201 Å². The van der Waals surface area contributed by atoms with Crippen molar-refractivity contribution in [3.63, 3.8) is 0 Å². The molecule has 1 aromatic carbocycles. The van der Waals surface area contributed by atoms with Crippen molar-refractivity contribution in [2.75, 3.05) is 24.7 Å². The summed E-state index contributed by atoms with van der Waals surface area (Å²) in [6.07, 6.45) is -2.93. The molecule has 0 unspecified atom stereocenters. The summed E-state index contributed by atoms with van der Waals surface area (Å²) in [6.45, 7) is -1.48. The molecule has 1 saturated heterocycles. The number of ether oxygens (including phenoxy) is 2. The van der Waals surface area contributed by atoms with E-state index in [9.17, 15) is 24.9 Å². The van der Waals surface area contributed by atoms with Crippen molar-refractivity contribution in [2.45, 2.75) is 30.0 Å². The number of nitrogens with zero attached hydrogens (tertiary/aromatic N) is 4. The minimum atomic E-state index is -2.75. The second-order valence-electron chi connectivity index (χ2n) is 7.95. The van der Waals surface area contributed by atoms with E-state index < -0.39 is 55.2 Å². The molecule has 186 valence electrons. The summed E-state index contributed by atoms with van der Waals surface area (Å²) in [5.41, 5.74) is 9.17. The highest BCUT2D eigenvalue weighted by molar-refractivity contribution is 6.28. The number of benzene rings is 1. The highest BCUT2D eigenvalue weighted by atomic mass is 35.5. The maximum atomic E-state index is 15.9. The van der Waals surface area contributed by atoms with Crippen LogP contribution in [-0.4, -0.2) is 77.8 Å². The first-order valence-electron chi connectivity index (χ1n) is 10.1. The van der Waals surface area contributed by atoms with Gasteiger partial charge in [-0.3, -0.25) is 4.57 Å². The number of aliphatic hydroxyl groups excluding tert-OH is 1. The van der Waals surface area contributed by atoms with Crippen LogP contribution in [0.5, 0.6) is 0 Å². The first kappa shape index (κ1) is 24.5. The number of fused-ring (bicyclic) bond motifs is 1. The molecule has 1 aliphatic rings. The number of nitrogen functional groups attached to an aromatic ring is 2. The van der Waals surface area contributed by atoms with E-state index in [2.05, 4.69) is 15.0 Å². The molecule has 35 heavy (non-hydrogen) atoms. The van der Waals surface area contributed by atoms with Crippen molar-refractivity contribution in [2.24, 2.45) is 0 Å². The van der Waals surface area contributed by atoms with Crippen molar-refractivity contribution in [3.8, 4) is 0 Å². The van der Waals surface area contributed by atoms with Gasteiger partial charge in [-0.25, -0.2) is 19.0 Å². The molecule has 3 aromatic rings. The van der Waals surface area contributed by atoms with E-state index in [0.717, 1.165) is 10.9 Å². The number of carboxylic acids is 2. The van der Waals surface area contributed by atoms with Gasteiger partial charge in [0.15, 0.2) is 11.5 Å². The third-order valence-electron chi connectivity index (χ3n) is 5.69. The van der Waals surface area contributed by atoms with Crippen LogP contribution >= 0.6 is 11.6 Å². The van der Waals surface area contributed by atoms with Crippen LogP contribution in [0.1, 0.15) is 5.56 Å². The fourth-order valence-corrected chi connectivity index (χ4v) is 4.01. The Balaban J connectivity index is 1.59. The van der Waals surface area contributed by atoms with Gasteiger partial charge in [-0.2, -0.15) is 9.97 Å². The third kappa shape index (κ3) is 4.20. The van der Waals surface area contributed by atoms with Gasteiger partial charge in [0.1, 0.15) is 24.3 Å². The zero-order valence-corrected chi connectivity index (χ0v) is 18.6. The normalized spacial score (nSPS) is 22.5. The molecule has 1 fully saturated rings. The Kier molecular flexibility index (Phi) is 6.23. The SMILES string of the molecule is Nc1cccc(CC(OC[C@H]2OC[C@@](F)(n3cnc4c(N)nc(Cl)nc43)[C@@H]2O)(C(=O)O)C(=O)O)c1. The minimum Gasteiger partial charge on any atom is -0.479 e. The number of alkyl halides is 1. The molecule has 0 aliphatic carbocycles. The van der Waals surface area contributed by atoms with Gasteiger partial charge in [0.05, 0.1) is 12.9 Å². The summed E-state index contributed by atoms with van der Waals surface area (Å²) in [5, 5.41) is 29.9. The lowest BCUT2D eigenvalue weighted by atomic mass is 9.93. The molecule has 0 amide bonds. The van der Waals surface area contributed by atoms with Crippen LogP contribution in [0.2, 0.25) is 5.28 Å². The smallest absolute Gasteiger partial charge is 0.348 e. The van der Waals surface area contributed by atoms with Gasteiger partial charge < -0.3 is 36.3 Å². The van der Waals surface area contributed by atoms with Crippen molar-refractivity contribution in [3.05, 3.63) is 41.4 Å². The number of carboxylic acid groups (broad SMARTS) is 2. The van der Waals surface area contributed by atoms with E-state index >= 15 is 4.39 Å². The Bertz CT molecular complexity index is 1290. The maximum Gasteiger partial charge on any atom is 0.348 e. The molecule has 0 radical (unpaired) electrons. The van der Waals surface area contributed by atoms with Crippen LogP contribution in [0.3, 0.4) is 0 Å². The summed E-state index contributed by atoms with van der Waals surface area (Å²) < 4.78 is 27.4. The lowest BCUT2D eigenvalue weighted by molar-refractivity contribution is -0.188. The number of hydrogen-bond acceptors (Lipinski definition) is 10. The molecule has 1 aliphatic heterocycles. The number of aliphatic hydroxyl groups is 1. The zero-order valence-electron chi connectivity index (χ0n) is 17.8. The van der Waals surface area contributed by atoms with Gasteiger partial charge in [-0.05, 0) is 29.3 Å². The molecule has 7 N–H and O–H groups in total. The van der Waals surface area contributed by atoms with Crippen LogP contribution in [0.4, 0.5) is 15.9 Å². The predicted octanol–water partition coefficient (Wildman–Crippen LogP) is 0.193. The van der Waals surface area contributed by atoms with Crippen LogP contribution in [0, 0.1) is 0 Å². The number of imidazole rings is 1. The molecular formula is C20H20ClFN6O7. The van der Waals surface area contributed by atoms with Crippen molar-refractivity contribution < 1.29 is 38.8 Å². The molecule has 0 saturated carbocycles. The summed E-state index contributed by atoms with van der Waals surface area (Å²) >= 11 is 5.81. The lowest BCUT2D eigenvalue weighted by Gasteiger charge is -2.29. The molecular weight excluding hydrogens is 491 g/mol. The standard InChI is InChI=1S/C20H20ClFN6O7/c21-18-26-14(24)12-15(27-18)28(8-25-12)20(22)7-34-11(13(20)29)6-35-19(16(30)31,17(32)33)5-9-2-1-3-10(23)4-9/h1-4,8,11,13,29H,5-7,23H2,(H,30,31)(H,32,33)(H2,24,26,27)/t11-,13-,20-/m1/s1. The van der Waals surface area contributed by atoms with Crippen LogP contribution in [-0.2, 0) is 31.3 Å². The van der Waals surface area contributed by atoms with Crippen LogP contribution < -0.4 is 11.5 Å². The number of carbonyl (C=O) groups is 2. The molecule has 15 heteroatoms. The maximum absolute atomic E-state index is 15.9. The van der Waals surface area contributed by atoms with Gasteiger partial charge >= 0.3 is 11.9 Å². The molecule has 3 heterocycles. The fraction of sp³-hybridized carbons (Fsp3) is 0.350. The first-order valence-corrected chi connectivity index (χ1v) is 10.5. The number of aliphatic carboxylic acids is 2. The van der Waals surface area contributed by atoms with E-state index in [-0.39, 0.29) is 27.8 Å². The van der Waals surface area contributed by atoms with Crippen molar-refractivity contribution in [1.29, 1.82) is 0 Å². The molecule has 2 aromatic heterocycles. The summed E-state index contributed by atoms with van der Waals surface area (Å²) in [5.74, 6) is -6.33. The monoisotopic (exact) mass is 510 g/mol. The molecule has 0 bridgehead atoms. The Hall–Kier alpha value is -3.59. The minimum absolute atomic E-state index is 0.0382. The van der Waals surface area contributed by atoms with Crippen LogP contribution in [0.15, 0.2) is 30.6 Å². The number of aromatic nitrogens is 4. The average molecular weight is 511 g/mol. The lowest BCUT2D eigenvalue weighted by Crippen LogP contribution is -2.53. The van der Waals surface area contributed by atoms with E-state index in [1.807, 2.05) is 0 Å². The largest absolute Gasteiger partial charge is 0.479 e. The number of anilines is 2. The van der Waals surface area contributed by atoms with E-state index in [1.165, 1.54) is 18.2 Å². The Morgan fingerprint density at radius 2 is 2.03 bits per heavy atom. The molecule has 3 atom stereocenters. The van der Waals surface area contributed by atoms with Gasteiger partial charge in [0.2, 0.25) is 11.1 Å². The summed E-state index contributed by atoms with van der Waals surface area (Å²) in [6, 6.07) is 5.96. The van der Waals surface area contributed by atoms with E-state index in [4.69, 9.17) is 32.5 Å². The summed E-state index contributed by atoms with van der Waals surface area (Å²) in [4.78, 5) is 35.6. The predicted molar refractivity (Wildman–Crippen MR) is 118 cm³/mol. The van der Waals surface area contributed by atoms with Crippen molar-refractivity contribution >= 4 is 46.2 Å². The van der Waals surface area contributed by atoms with Gasteiger partial charge in [0, 0.05) is 12.1 Å². The highest BCUT2D eigenvalue weighted by Gasteiger charge is 2.55. The number of hydrogen-bond donors (Lipinski definition) is 5. The fourth-order valence-electron chi connectivity index (χ4n) is 3.83. The van der Waals surface area contributed by atoms with Crippen LogP contribution in [0.25, 0.3) is 11.2 Å². The van der Waals surface area contributed by atoms with Gasteiger partial charge in [-0.15, -0.1) is 0 Å². The topological polar surface area (TPSA) is 209 Å². The Morgan fingerprint density at radius 1 is 1.31 bits per heavy atom. The van der Waals surface area contributed by atoms with E-state index in [1.54, 1.807) is 6.07 Å². The highest BCUT2D eigenvalue weighted by Crippen LogP contribution is 2.37. The van der Waals surface area contributed by atoms with Gasteiger partial charge in [-0.1, -0.05) is 12.1 Å². The molecule has 0 spiro atoms. The summed E-state index contributed by atoms with van der Waals surface area (Å²) in [7, 11) is 0. The first-order chi connectivity index (χ1) is 16.5. The third-order valence-corrected chi connectivity index (χ3v) is 5.86. The van der Waals surface area contributed by atoms with E-state index in [0.29, 0.717) is 5.69 Å². The molecule has 13 nitrogen and oxygen atoms in total. The van der Waals surface area contributed by atoms with Gasteiger partial charge in [0.25, 0.3) is 5.60 Å². The average Bonchev–Trinajstić information content (AvgIpc) is 3.33. The Morgan fingerprint density at radius 3 is 2.69 bits per heavy atom. The second-order valence-corrected chi connectivity index (χ2v) is 8.29. The zero-order chi connectivity index (χ0) is 25.5. The second kappa shape index (κ2) is 8.88. The van der Waals surface area contributed by atoms with Crippen molar-refractivity contribution in [1.82, 2.24) is 19.5 Å². The number of halogens is 2. The number of nitrogens with two attached hydrogens (primary N) is 2.